The molecule has 0 N–H and O–H groups in total. The van der Waals surface area contributed by atoms with Crippen LogP contribution in [-0.4, -0.2) is 58.7 Å². The summed E-state index contributed by atoms with van der Waals surface area (Å²) in [6, 6.07) is 9.80. The van der Waals surface area contributed by atoms with E-state index in [1.54, 1.807) is 10.9 Å². The van der Waals surface area contributed by atoms with E-state index in [-0.39, 0.29) is 11.9 Å². The number of hydrogen-bond donors (Lipinski definition) is 0. The van der Waals surface area contributed by atoms with Crippen molar-refractivity contribution in [1.29, 1.82) is 0 Å². The zero-order valence-corrected chi connectivity index (χ0v) is 14.7. The molecular formula is C19H26N4O. The molecule has 5 nitrogen and oxygen atoms in total. The van der Waals surface area contributed by atoms with E-state index < -0.39 is 0 Å². The topological polar surface area (TPSA) is 41.4 Å². The maximum atomic E-state index is 12.8. The first-order chi connectivity index (χ1) is 11.6. The van der Waals surface area contributed by atoms with E-state index in [4.69, 9.17) is 0 Å². The van der Waals surface area contributed by atoms with E-state index in [1.165, 1.54) is 0 Å². The fourth-order valence-electron chi connectivity index (χ4n) is 3.39. The number of carbonyl (C=O) groups excluding carboxylic acids is 1. The fraction of sp³-hybridized carbons (Fsp3) is 0.474. The molecular weight excluding hydrogens is 300 g/mol. The molecule has 2 aromatic rings. The van der Waals surface area contributed by atoms with E-state index in [9.17, 15) is 4.79 Å². The summed E-state index contributed by atoms with van der Waals surface area (Å²) in [5.41, 5.74) is 1.69. The second kappa shape index (κ2) is 7.18. The number of rotatable bonds is 4. The van der Waals surface area contributed by atoms with Crippen molar-refractivity contribution >= 4 is 5.91 Å². The Bertz CT molecular complexity index is 657. The van der Waals surface area contributed by atoms with Gasteiger partial charge in [0.2, 0.25) is 0 Å². The van der Waals surface area contributed by atoms with Gasteiger partial charge in [-0.05, 0) is 76.2 Å². The summed E-state index contributed by atoms with van der Waals surface area (Å²) in [5.74, 6) is 0.673. The van der Waals surface area contributed by atoms with Gasteiger partial charge in [0.25, 0.3) is 5.91 Å². The van der Waals surface area contributed by atoms with Crippen molar-refractivity contribution in [1.82, 2.24) is 19.6 Å². The molecule has 128 valence electrons. The maximum Gasteiger partial charge on any atom is 0.253 e. The molecule has 3 rings (SSSR count). The van der Waals surface area contributed by atoms with Gasteiger partial charge in [-0.25, -0.2) is 4.68 Å². The average Bonchev–Trinajstić information content (AvgIpc) is 3.15. The number of benzene rings is 1. The Kier molecular flexibility index (Phi) is 5.00. The van der Waals surface area contributed by atoms with Crippen molar-refractivity contribution in [3.8, 4) is 5.69 Å². The summed E-state index contributed by atoms with van der Waals surface area (Å²) < 4.78 is 1.79. The largest absolute Gasteiger partial charge is 0.339 e. The minimum absolute atomic E-state index is 0.0912. The highest BCUT2D eigenvalue weighted by atomic mass is 16.2. The van der Waals surface area contributed by atoms with Crippen LogP contribution in [0.2, 0.25) is 0 Å². The predicted molar refractivity (Wildman–Crippen MR) is 95.3 cm³/mol. The average molecular weight is 326 g/mol. The number of piperidine rings is 1. The summed E-state index contributed by atoms with van der Waals surface area (Å²) in [5, 5.41) is 4.21. The summed E-state index contributed by atoms with van der Waals surface area (Å²) in [6.45, 7) is 4.41. The third-order valence-electron chi connectivity index (χ3n) is 5.26. The fourth-order valence-corrected chi connectivity index (χ4v) is 3.39. The summed E-state index contributed by atoms with van der Waals surface area (Å²) >= 11 is 0. The van der Waals surface area contributed by atoms with Gasteiger partial charge in [-0.2, -0.15) is 5.10 Å². The Morgan fingerprint density at radius 1 is 1.25 bits per heavy atom. The molecule has 0 radical (unpaired) electrons. The molecule has 1 saturated heterocycles. The third kappa shape index (κ3) is 3.51. The third-order valence-corrected chi connectivity index (χ3v) is 5.26. The Morgan fingerprint density at radius 3 is 2.50 bits per heavy atom. The summed E-state index contributed by atoms with van der Waals surface area (Å²) in [6.07, 6.45) is 5.96. The Balaban J connectivity index is 1.66. The van der Waals surface area contributed by atoms with E-state index >= 15 is 0 Å². The van der Waals surface area contributed by atoms with Crippen LogP contribution in [0, 0.1) is 5.92 Å². The zero-order chi connectivity index (χ0) is 17.1. The van der Waals surface area contributed by atoms with Crippen molar-refractivity contribution in [3.05, 3.63) is 48.3 Å². The Morgan fingerprint density at radius 2 is 1.92 bits per heavy atom. The normalized spacial score (nSPS) is 17.6. The monoisotopic (exact) mass is 326 g/mol. The standard InChI is InChI=1S/C19H26N4O/c1-15(16-9-13-21(2)14-10-16)22(3)19(24)17-5-7-18(8-6-17)23-12-4-11-20-23/h4-8,11-12,15-16H,9-10,13-14H2,1-3H3/t15-/m1/s1. The molecule has 1 fully saturated rings. The second-order valence-electron chi connectivity index (χ2n) is 6.79. The molecule has 1 aliphatic rings. The van der Waals surface area contributed by atoms with Gasteiger partial charge in [0.1, 0.15) is 0 Å². The second-order valence-corrected chi connectivity index (χ2v) is 6.79. The number of amides is 1. The quantitative estimate of drug-likeness (QED) is 0.867. The van der Waals surface area contributed by atoms with Crippen molar-refractivity contribution in [2.24, 2.45) is 5.92 Å². The van der Waals surface area contributed by atoms with Crippen LogP contribution in [0.15, 0.2) is 42.7 Å². The van der Waals surface area contributed by atoms with Crippen LogP contribution in [0.4, 0.5) is 0 Å². The van der Waals surface area contributed by atoms with Crippen LogP contribution in [0.3, 0.4) is 0 Å². The van der Waals surface area contributed by atoms with E-state index in [2.05, 4.69) is 24.0 Å². The Hall–Kier alpha value is -2.14. The number of nitrogens with zero attached hydrogens (tertiary/aromatic N) is 4. The van der Waals surface area contributed by atoms with Crippen molar-refractivity contribution in [2.75, 3.05) is 27.2 Å². The number of likely N-dealkylation sites (tertiary alicyclic amines) is 1. The van der Waals surface area contributed by atoms with Crippen LogP contribution in [0.1, 0.15) is 30.1 Å². The van der Waals surface area contributed by atoms with Gasteiger partial charge in [-0.3, -0.25) is 4.79 Å². The minimum atomic E-state index is 0.0912. The highest BCUT2D eigenvalue weighted by Gasteiger charge is 2.27. The van der Waals surface area contributed by atoms with Crippen LogP contribution in [0.25, 0.3) is 5.69 Å². The molecule has 0 unspecified atom stereocenters. The van der Waals surface area contributed by atoms with E-state index in [0.717, 1.165) is 37.2 Å². The van der Waals surface area contributed by atoms with Crippen molar-refractivity contribution in [2.45, 2.75) is 25.8 Å². The van der Waals surface area contributed by atoms with Gasteiger partial charge in [0, 0.05) is 31.0 Å². The molecule has 1 atom stereocenters. The SMILES string of the molecule is C[C@H](C1CCN(C)CC1)N(C)C(=O)c1ccc(-n2cccn2)cc1. The molecule has 0 saturated carbocycles. The molecule has 24 heavy (non-hydrogen) atoms. The molecule has 0 aliphatic carbocycles. The summed E-state index contributed by atoms with van der Waals surface area (Å²) in [4.78, 5) is 17.0. The van der Waals surface area contributed by atoms with Gasteiger partial charge in [-0.15, -0.1) is 0 Å². The van der Waals surface area contributed by atoms with Gasteiger partial charge in [-0.1, -0.05) is 0 Å². The highest BCUT2D eigenvalue weighted by Crippen LogP contribution is 2.24. The lowest BCUT2D eigenvalue weighted by Gasteiger charge is -2.37. The first-order valence-electron chi connectivity index (χ1n) is 8.62. The molecule has 1 aliphatic heterocycles. The van der Waals surface area contributed by atoms with Gasteiger partial charge < -0.3 is 9.80 Å². The van der Waals surface area contributed by atoms with E-state index in [1.807, 2.05) is 48.5 Å². The number of hydrogen-bond acceptors (Lipinski definition) is 3. The van der Waals surface area contributed by atoms with Crippen LogP contribution in [0.5, 0.6) is 0 Å². The predicted octanol–water partition coefficient (Wildman–Crippen LogP) is 2.67. The summed E-state index contributed by atoms with van der Waals surface area (Å²) in [7, 11) is 4.09. The lowest BCUT2D eigenvalue weighted by Crippen LogP contribution is -2.44. The van der Waals surface area contributed by atoms with Crippen molar-refractivity contribution in [3.63, 3.8) is 0 Å². The maximum absolute atomic E-state index is 12.8. The van der Waals surface area contributed by atoms with Gasteiger partial charge >= 0.3 is 0 Å². The first-order valence-corrected chi connectivity index (χ1v) is 8.62. The van der Waals surface area contributed by atoms with Gasteiger partial charge in [0.05, 0.1) is 5.69 Å². The zero-order valence-electron chi connectivity index (χ0n) is 14.7. The lowest BCUT2D eigenvalue weighted by molar-refractivity contribution is 0.0636. The molecule has 1 aromatic carbocycles. The smallest absolute Gasteiger partial charge is 0.253 e. The molecule has 5 heteroatoms. The Labute approximate surface area is 143 Å². The van der Waals surface area contributed by atoms with E-state index in [0.29, 0.717) is 5.92 Å². The number of carbonyl (C=O) groups is 1. The van der Waals surface area contributed by atoms with Gasteiger partial charge in [0.15, 0.2) is 0 Å². The molecule has 0 spiro atoms. The molecule has 1 aromatic heterocycles. The molecule has 2 heterocycles. The van der Waals surface area contributed by atoms with Crippen LogP contribution < -0.4 is 0 Å². The molecule has 1 amide bonds. The highest BCUT2D eigenvalue weighted by molar-refractivity contribution is 5.94. The first kappa shape index (κ1) is 16.7. The van der Waals surface area contributed by atoms with Crippen LogP contribution in [-0.2, 0) is 0 Å². The van der Waals surface area contributed by atoms with Crippen LogP contribution >= 0.6 is 0 Å². The molecule has 0 bridgehead atoms. The number of aromatic nitrogens is 2. The van der Waals surface area contributed by atoms with Crippen molar-refractivity contribution < 1.29 is 4.79 Å². The minimum Gasteiger partial charge on any atom is -0.339 e. The lowest BCUT2D eigenvalue weighted by atomic mass is 9.89.